The molecule has 1 aromatic rings. The molecular formula is C11H13BrF2. The lowest BCUT2D eigenvalue weighted by atomic mass is 10.0. The van der Waals surface area contributed by atoms with Gasteiger partial charge in [-0.2, -0.15) is 0 Å². The van der Waals surface area contributed by atoms with Gasteiger partial charge >= 0.3 is 0 Å². The maximum Gasteiger partial charge on any atom is 0.130 e. The molecule has 0 radical (unpaired) electrons. The van der Waals surface area contributed by atoms with Crippen molar-refractivity contribution in [2.24, 2.45) is 5.92 Å². The molecule has 1 aromatic carbocycles. The lowest BCUT2D eigenvalue weighted by Crippen LogP contribution is -1.99. The summed E-state index contributed by atoms with van der Waals surface area (Å²) in [5.74, 6) is -0.535. The molecule has 1 rings (SSSR count). The van der Waals surface area contributed by atoms with Gasteiger partial charge in [0.15, 0.2) is 0 Å². The molecule has 0 spiro atoms. The van der Waals surface area contributed by atoms with Gasteiger partial charge in [-0.25, -0.2) is 8.78 Å². The van der Waals surface area contributed by atoms with Crippen molar-refractivity contribution in [2.75, 3.05) is 0 Å². The average molecular weight is 263 g/mol. The second-order valence-corrected chi connectivity index (χ2v) is 4.87. The van der Waals surface area contributed by atoms with Crippen molar-refractivity contribution < 1.29 is 8.78 Å². The first kappa shape index (κ1) is 11.6. The zero-order chi connectivity index (χ0) is 10.7. The van der Waals surface area contributed by atoms with Crippen molar-refractivity contribution in [1.82, 2.24) is 0 Å². The number of hydrogen-bond acceptors (Lipinski definition) is 0. The minimum Gasteiger partial charge on any atom is -0.207 e. The minimum atomic E-state index is -0.532. The summed E-state index contributed by atoms with van der Waals surface area (Å²) in [7, 11) is 0. The molecule has 0 saturated heterocycles. The summed E-state index contributed by atoms with van der Waals surface area (Å²) >= 11 is 3.40. The standard InChI is InChI=1S/C11H13BrF2/c1-7(2)5-10(12)9-4-3-8(13)6-11(9)14/h3-4,6-7,10H,5H2,1-2H3. The van der Waals surface area contributed by atoms with Gasteiger partial charge in [-0.15, -0.1) is 0 Å². The van der Waals surface area contributed by atoms with Crippen LogP contribution in [0.15, 0.2) is 18.2 Å². The van der Waals surface area contributed by atoms with Crippen LogP contribution in [0, 0.1) is 17.6 Å². The Bertz CT molecular complexity index is 310. The molecule has 0 aliphatic carbocycles. The molecule has 1 unspecified atom stereocenters. The summed E-state index contributed by atoms with van der Waals surface area (Å²) in [5, 5.41) is 0. The highest BCUT2D eigenvalue weighted by Gasteiger charge is 2.14. The van der Waals surface area contributed by atoms with Crippen molar-refractivity contribution in [2.45, 2.75) is 25.1 Å². The molecule has 3 heteroatoms. The van der Waals surface area contributed by atoms with E-state index in [1.54, 1.807) is 0 Å². The van der Waals surface area contributed by atoms with Gasteiger partial charge in [0.25, 0.3) is 0 Å². The molecule has 0 amide bonds. The summed E-state index contributed by atoms with van der Waals surface area (Å²) in [6, 6.07) is 3.70. The van der Waals surface area contributed by atoms with E-state index in [1.807, 2.05) is 0 Å². The predicted molar refractivity (Wildman–Crippen MR) is 57.5 cm³/mol. The van der Waals surface area contributed by atoms with Crippen LogP contribution in [0.2, 0.25) is 0 Å². The number of benzene rings is 1. The number of rotatable bonds is 3. The van der Waals surface area contributed by atoms with Gasteiger partial charge in [0.1, 0.15) is 11.6 Å². The molecule has 0 saturated carbocycles. The highest BCUT2D eigenvalue weighted by Crippen LogP contribution is 2.31. The molecule has 0 fully saturated rings. The van der Waals surface area contributed by atoms with Gasteiger partial charge < -0.3 is 0 Å². The summed E-state index contributed by atoms with van der Waals surface area (Å²) in [6.07, 6.45) is 0.836. The first-order valence-corrected chi connectivity index (χ1v) is 5.51. The molecule has 0 nitrogen and oxygen atoms in total. The van der Waals surface area contributed by atoms with Gasteiger partial charge in [0, 0.05) is 16.5 Å². The lowest BCUT2D eigenvalue weighted by Gasteiger charge is -2.13. The van der Waals surface area contributed by atoms with Crippen LogP contribution in [-0.4, -0.2) is 0 Å². The van der Waals surface area contributed by atoms with Crippen molar-refractivity contribution in [3.05, 3.63) is 35.4 Å². The third-order valence-electron chi connectivity index (χ3n) is 1.98. The van der Waals surface area contributed by atoms with E-state index in [0.717, 1.165) is 12.5 Å². The number of halogens is 3. The molecule has 0 heterocycles. The largest absolute Gasteiger partial charge is 0.207 e. The highest BCUT2D eigenvalue weighted by atomic mass is 79.9. The summed E-state index contributed by atoms with van der Waals surface area (Å²) in [5.41, 5.74) is 0.528. The summed E-state index contributed by atoms with van der Waals surface area (Å²) in [6.45, 7) is 4.13. The third-order valence-corrected chi connectivity index (χ3v) is 2.85. The molecule has 1 atom stereocenters. The molecule has 0 bridgehead atoms. The predicted octanol–water partition coefficient (Wildman–Crippen LogP) is 4.45. The van der Waals surface area contributed by atoms with E-state index in [1.165, 1.54) is 12.1 Å². The normalized spacial score (nSPS) is 13.3. The fraction of sp³-hybridized carbons (Fsp3) is 0.455. The van der Waals surface area contributed by atoms with Gasteiger partial charge in [-0.1, -0.05) is 35.8 Å². The molecule has 0 N–H and O–H groups in total. The van der Waals surface area contributed by atoms with E-state index in [9.17, 15) is 8.78 Å². The van der Waals surface area contributed by atoms with E-state index in [2.05, 4.69) is 29.8 Å². The SMILES string of the molecule is CC(C)CC(Br)c1ccc(F)cc1F. The molecule has 0 aliphatic rings. The molecular weight excluding hydrogens is 250 g/mol. The second-order valence-electron chi connectivity index (χ2n) is 3.76. The van der Waals surface area contributed by atoms with Gasteiger partial charge in [-0.3, -0.25) is 0 Å². The molecule has 0 aromatic heterocycles. The topological polar surface area (TPSA) is 0 Å². The Hall–Kier alpha value is -0.440. The van der Waals surface area contributed by atoms with Crippen molar-refractivity contribution in [3.63, 3.8) is 0 Å². The van der Waals surface area contributed by atoms with Crippen LogP contribution in [0.5, 0.6) is 0 Å². The number of alkyl halides is 1. The third kappa shape index (κ3) is 3.05. The number of hydrogen-bond donors (Lipinski definition) is 0. The van der Waals surface area contributed by atoms with Crippen LogP contribution in [0.1, 0.15) is 30.7 Å². The fourth-order valence-corrected chi connectivity index (χ4v) is 2.42. The zero-order valence-corrected chi connectivity index (χ0v) is 9.81. The minimum absolute atomic E-state index is 0.0388. The van der Waals surface area contributed by atoms with E-state index in [4.69, 9.17) is 0 Å². The lowest BCUT2D eigenvalue weighted by molar-refractivity contribution is 0.543. The maximum absolute atomic E-state index is 13.3. The van der Waals surface area contributed by atoms with Crippen LogP contribution in [0.4, 0.5) is 8.78 Å². The van der Waals surface area contributed by atoms with Crippen LogP contribution in [0.3, 0.4) is 0 Å². The van der Waals surface area contributed by atoms with Crippen LogP contribution < -0.4 is 0 Å². The Labute approximate surface area is 91.5 Å². The fourth-order valence-electron chi connectivity index (χ4n) is 1.30. The van der Waals surface area contributed by atoms with Crippen LogP contribution in [0.25, 0.3) is 0 Å². The average Bonchev–Trinajstić information content (AvgIpc) is 2.01. The summed E-state index contributed by atoms with van der Waals surface area (Å²) in [4.78, 5) is -0.0388. The molecule has 78 valence electrons. The van der Waals surface area contributed by atoms with Crippen LogP contribution in [-0.2, 0) is 0 Å². The summed E-state index contributed by atoms with van der Waals surface area (Å²) < 4.78 is 25.9. The Morgan fingerprint density at radius 1 is 1.29 bits per heavy atom. The van der Waals surface area contributed by atoms with E-state index in [0.29, 0.717) is 11.5 Å². The quantitative estimate of drug-likeness (QED) is 0.707. The van der Waals surface area contributed by atoms with Crippen molar-refractivity contribution in [3.8, 4) is 0 Å². The van der Waals surface area contributed by atoms with E-state index >= 15 is 0 Å². The van der Waals surface area contributed by atoms with Crippen molar-refractivity contribution >= 4 is 15.9 Å². The van der Waals surface area contributed by atoms with Crippen molar-refractivity contribution in [1.29, 1.82) is 0 Å². The first-order chi connectivity index (χ1) is 6.50. The Balaban J connectivity index is 2.84. The van der Waals surface area contributed by atoms with Crippen LogP contribution >= 0.6 is 15.9 Å². The first-order valence-electron chi connectivity index (χ1n) is 4.59. The second kappa shape index (κ2) is 4.87. The smallest absolute Gasteiger partial charge is 0.130 e. The Morgan fingerprint density at radius 2 is 1.93 bits per heavy atom. The highest BCUT2D eigenvalue weighted by molar-refractivity contribution is 9.09. The molecule has 14 heavy (non-hydrogen) atoms. The zero-order valence-electron chi connectivity index (χ0n) is 8.23. The van der Waals surface area contributed by atoms with Gasteiger partial charge in [0.05, 0.1) is 0 Å². The molecule has 0 aliphatic heterocycles. The van der Waals surface area contributed by atoms with Gasteiger partial charge in [0.2, 0.25) is 0 Å². The Kier molecular flexibility index (Phi) is 4.05. The van der Waals surface area contributed by atoms with E-state index < -0.39 is 11.6 Å². The maximum atomic E-state index is 13.3. The monoisotopic (exact) mass is 262 g/mol. The Morgan fingerprint density at radius 3 is 2.43 bits per heavy atom. The van der Waals surface area contributed by atoms with E-state index in [-0.39, 0.29) is 4.83 Å². The van der Waals surface area contributed by atoms with Gasteiger partial charge in [-0.05, 0) is 18.4 Å².